The van der Waals surface area contributed by atoms with Gasteiger partial charge in [0.2, 0.25) is 0 Å². The summed E-state index contributed by atoms with van der Waals surface area (Å²) in [6.45, 7) is 4.22. The van der Waals surface area contributed by atoms with Gasteiger partial charge in [-0.05, 0) is 13.3 Å². The van der Waals surface area contributed by atoms with Gasteiger partial charge in [-0.25, -0.2) is 4.39 Å². The molecule has 66 valence electrons. The van der Waals surface area contributed by atoms with Crippen molar-refractivity contribution in [2.75, 3.05) is 6.61 Å². The second-order valence-electron chi connectivity index (χ2n) is 2.59. The number of aromatic nitrogens is 1. The minimum absolute atomic E-state index is 0.316. The van der Waals surface area contributed by atoms with Crippen LogP contribution in [0.4, 0.5) is 4.39 Å². The van der Waals surface area contributed by atoms with E-state index in [-0.39, 0.29) is 5.82 Å². The summed E-state index contributed by atoms with van der Waals surface area (Å²) in [5.74, 6) is 0.184. The Morgan fingerprint density at radius 1 is 1.58 bits per heavy atom. The molecule has 0 fully saturated rings. The summed E-state index contributed by atoms with van der Waals surface area (Å²) in [5.41, 5.74) is 0.402. The molecule has 0 bridgehead atoms. The standard InChI is InChI=1S/C9H12FNO/c1-3-4-12-8-5-9(10)7(2)11-6-8/h5-6H,3-4H2,1-2H3. The van der Waals surface area contributed by atoms with E-state index in [1.165, 1.54) is 12.3 Å². The highest BCUT2D eigenvalue weighted by atomic mass is 19.1. The Hall–Kier alpha value is -1.12. The Morgan fingerprint density at radius 3 is 2.92 bits per heavy atom. The van der Waals surface area contributed by atoms with Gasteiger partial charge in [-0.3, -0.25) is 4.98 Å². The van der Waals surface area contributed by atoms with Crippen molar-refractivity contribution in [2.24, 2.45) is 0 Å². The lowest BCUT2D eigenvalue weighted by molar-refractivity contribution is 0.314. The van der Waals surface area contributed by atoms with Crippen molar-refractivity contribution < 1.29 is 9.13 Å². The molecule has 3 heteroatoms. The number of aryl methyl sites for hydroxylation is 1. The van der Waals surface area contributed by atoms with Gasteiger partial charge in [0.25, 0.3) is 0 Å². The molecule has 1 heterocycles. The van der Waals surface area contributed by atoms with Crippen LogP contribution in [0.5, 0.6) is 5.75 Å². The number of rotatable bonds is 3. The number of pyridine rings is 1. The summed E-state index contributed by atoms with van der Waals surface area (Å²) in [6, 6.07) is 1.36. The first-order chi connectivity index (χ1) is 5.74. The average molecular weight is 169 g/mol. The minimum Gasteiger partial charge on any atom is -0.492 e. The first kappa shape index (κ1) is 8.97. The van der Waals surface area contributed by atoms with Crippen LogP contribution in [0.3, 0.4) is 0 Å². The molecule has 0 aliphatic carbocycles. The molecule has 0 unspecified atom stereocenters. The lowest BCUT2D eigenvalue weighted by atomic mass is 10.3. The van der Waals surface area contributed by atoms with E-state index < -0.39 is 0 Å². The number of hydrogen-bond donors (Lipinski definition) is 0. The van der Waals surface area contributed by atoms with Crippen molar-refractivity contribution in [3.63, 3.8) is 0 Å². The van der Waals surface area contributed by atoms with Gasteiger partial charge < -0.3 is 4.74 Å². The first-order valence-corrected chi connectivity index (χ1v) is 3.99. The smallest absolute Gasteiger partial charge is 0.148 e. The van der Waals surface area contributed by atoms with Gasteiger partial charge in [0.15, 0.2) is 0 Å². The molecule has 0 atom stereocenters. The third-order valence-corrected chi connectivity index (χ3v) is 1.47. The molecule has 12 heavy (non-hydrogen) atoms. The van der Waals surface area contributed by atoms with E-state index in [0.717, 1.165) is 6.42 Å². The molecule has 0 amide bonds. The molecule has 1 aromatic heterocycles. The van der Waals surface area contributed by atoms with Crippen molar-refractivity contribution in [2.45, 2.75) is 20.3 Å². The summed E-state index contributed by atoms with van der Waals surface area (Å²) in [6.07, 6.45) is 2.45. The first-order valence-electron chi connectivity index (χ1n) is 3.99. The van der Waals surface area contributed by atoms with Crippen molar-refractivity contribution in [1.82, 2.24) is 4.98 Å². The summed E-state index contributed by atoms with van der Waals surface area (Å²) >= 11 is 0. The van der Waals surface area contributed by atoms with Gasteiger partial charge >= 0.3 is 0 Å². The maximum atomic E-state index is 12.9. The Kier molecular flexibility index (Phi) is 3.02. The van der Waals surface area contributed by atoms with Crippen LogP contribution in [0, 0.1) is 12.7 Å². The van der Waals surface area contributed by atoms with Gasteiger partial charge in [0, 0.05) is 6.07 Å². The van der Waals surface area contributed by atoms with Crippen molar-refractivity contribution >= 4 is 0 Å². The quantitative estimate of drug-likeness (QED) is 0.692. The monoisotopic (exact) mass is 169 g/mol. The fourth-order valence-corrected chi connectivity index (χ4v) is 0.788. The van der Waals surface area contributed by atoms with Crippen LogP contribution in [0.2, 0.25) is 0 Å². The van der Waals surface area contributed by atoms with E-state index in [1.807, 2.05) is 6.92 Å². The summed E-state index contributed by atoms with van der Waals surface area (Å²) in [5, 5.41) is 0. The van der Waals surface area contributed by atoms with E-state index in [1.54, 1.807) is 6.92 Å². The predicted octanol–water partition coefficient (Wildman–Crippen LogP) is 2.32. The normalized spacial score (nSPS) is 9.92. The molecule has 0 radical (unpaired) electrons. The number of ether oxygens (including phenoxy) is 1. The fourth-order valence-electron chi connectivity index (χ4n) is 0.788. The van der Waals surface area contributed by atoms with Crippen molar-refractivity contribution in [3.05, 3.63) is 23.8 Å². The molecule has 0 aliphatic heterocycles. The van der Waals surface area contributed by atoms with Crippen molar-refractivity contribution in [3.8, 4) is 5.75 Å². The van der Waals surface area contributed by atoms with Crippen molar-refractivity contribution in [1.29, 1.82) is 0 Å². The maximum Gasteiger partial charge on any atom is 0.148 e. The van der Waals surface area contributed by atoms with Crippen LogP contribution in [0.15, 0.2) is 12.3 Å². The second-order valence-corrected chi connectivity index (χ2v) is 2.59. The Labute approximate surface area is 71.4 Å². The van der Waals surface area contributed by atoms with Gasteiger partial charge in [0.1, 0.15) is 11.6 Å². The Balaban J connectivity index is 2.69. The SMILES string of the molecule is CCCOc1cnc(C)c(F)c1. The largest absolute Gasteiger partial charge is 0.492 e. The summed E-state index contributed by atoms with van der Waals surface area (Å²) in [4.78, 5) is 3.83. The van der Waals surface area contributed by atoms with Crippen LogP contribution in [0.25, 0.3) is 0 Å². The van der Waals surface area contributed by atoms with Gasteiger partial charge in [-0.2, -0.15) is 0 Å². The molecule has 0 N–H and O–H groups in total. The predicted molar refractivity (Wildman–Crippen MR) is 44.7 cm³/mol. The Morgan fingerprint density at radius 2 is 2.33 bits per heavy atom. The van der Waals surface area contributed by atoms with E-state index in [4.69, 9.17) is 4.74 Å². The van der Waals surface area contributed by atoms with Crippen LogP contribution in [0.1, 0.15) is 19.0 Å². The fraction of sp³-hybridized carbons (Fsp3) is 0.444. The molecule has 1 rings (SSSR count). The van der Waals surface area contributed by atoms with Gasteiger partial charge in [-0.15, -0.1) is 0 Å². The van der Waals surface area contributed by atoms with Crippen LogP contribution >= 0.6 is 0 Å². The number of nitrogens with zero attached hydrogens (tertiary/aromatic N) is 1. The lowest BCUT2D eigenvalue weighted by Gasteiger charge is -2.03. The summed E-state index contributed by atoms with van der Waals surface area (Å²) < 4.78 is 18.1. The van der Waals surface area contributed by atoms with Crippen LogP contribution in [-0.2, 0) is 0 Å². The third-order valence-electron chi connectivity index (χ3n) is 1.47. The molecule has 0 spiro atoms. The van der Waals surface area contributed by atoms with E-state index in [9.17, 15) is 4.39 Å². The molecule has 0 saturated heterocycles. The lowest BCUT2D eigenvalue weighted by Crippen LogP contribution is -1.97. The number of hydrogen-bond acceptors (Lipinski definition) is 2. The zero-order chi connectivity index (χ0) is 8.97. The minimum atomic E-state index is -0.316. The average Bonchev–Trinajstić information content (AvgIpc) is 2.07. The highest BCUT2D eigenvalue weighted by molar-refractivity contribution is 5.20. The Bertz CT molecular complexity index is 263. The third kappa shape index (κ3) is 2.19. The molecule has 0 aliphatic rings. The summed E-state index contributed by atoms with van der Waals surface area (Å²) in [7, 11) is 0. The van der Waals surface area contributed by atoms with Crippen LogP contribution < -0.4 is 4.74 Å². The topological polar surface area (TPSA) is 22.1 Å². The zero-order valence-electron chi connectivity index (χ0n) is 7.30. The van der Waals surface area contributed by atoms with E-state index >= 15 is 0 Å². The van der Waals surface area contributed by atoms with Crippen LogP contribution in [-0.4, -0.2) is 11.6 Å². The molecule has 0 saturated carbocycles. The highest BCUT2D eigenvalue weighted by Crippen LogP contribution is 2.12. The van der Waals surface area contributed by atoms with Gasteiger partial charge in [0.05, 0.1) is 18.5 Å². The molecule has 2 nitrogen and oxygen atoms in total. The molecule has 0 aromatic carbocycles. The van der Waals surface area contributed by atoms with E-state index in [2.05, 4.69) is 4.98 Å². The van der Waals surface area contributed by atoms with E-state index in [0.29, 0.717) is 18.1 Å². The zero-order valence-corrected chi connectivity index (χ0v) is 7.30. The second kappa shape index (κ2) is 4.04. The van der Waals surface area contributed by atoms with Gasteiger partial charge in [-0.1, -0.05) is 6.92 Å². The maximum absolute atomic E-state index is 12.9. The molecular weight excluding hydrogens is 157 g/mol. The molecular formula is C9H12FNO. The number of halogens is 1. The highest BCUT2D eigenvalue weighted by Gasteiger charge is 2.00. The molecule has 1 aromatic rings.